The first-order chi connectivity index (χ1) is 9.36. The first-order valence-electron chi connectivity index (χ1n) is 6.04. The van der Waals surface area contributed by atoms with Crippen LogP contribution in [0.15, 0.2) is 6.07 Å². The maximum atomic E-state index is 13.3. The summed E-state index contributed by atoms with van der Waals surface area (Å²) >= 11 is 7.53. The van der Waals surface area contributed by atoms with Gasteiger partial charge < -0.3 is 11.1 Å². The third-order valence-corrected chi connectivity index (χ3v) is 4.41. The van der Waals surface area contributed by atoms with E-state index in [4.69, 9.17) is 17.3 Å². The van der Waals surface area contributed by atoms with Crippen LogP contribution in [0.25, 0.3) is 0 Å². The molecular weight excluding hydrogens is 301 g/mol. The van der Waals surface area contributed by atoms with Crippen molar-refractivity contribution in [1.29, 1.82) is 0 Å². The number of aromatic nitrogens is 3. The maximum Gasteiger partial charge on any atom is 0.228 e. The Morgan fingerprint density at radius 1 is 1.35 bits per heavy atom. The maximum absolute atomic E-state index is 13.3. The lowest BCUT2D eigenvalue weighted by atomic mass is 10.2. The van der Waals surface area contributed by atoms with E-state index in [-0.39, 0.29) is 23.8 Å². The fourth-order valence-corrected chi connectivity index (χ4v) is 2.83. The number of aryl methyl sites for hydroxylation is 1. The number of thiophene rings is 1. The largest absolute Gasteiger partial charge is 0.368 e. The Bertz CT molecular complexity index is 596. The van der Waals surface area contributed by atoms with Gasteiger partial charge in [-0.15, -0.1) is 11.3 Å². The Kier molecular flexibility index (Phi) is 4.39. The summed E-state index contributed by atoms with van der Waals surface area (Å²) in [5.41, 5.74) is 6.57. The minimum Gasteiger partial charge on any atom is -0.368 e. The Morgan fingerprint density at radius 3 is 2.60 bits per heavy atom. The highest BCUT2D eigenvalue weighted by Gasteiger charge is 2.15. The van der Waals surface area contributed by atoms with Crippen molar-refractivity contribution in [2.75, 3.05) is 11.1 Å². The Hall–Kier alpha value is -1.47. The van der Waals surface area contributed by atoms with Gasteiger partial charge in [-0.05, 0) is 32.4 Å². The molecule has 0 saturated heterocycles. The topological polar surface area (TPSA) is 76.7 Å². The molecule has 3 N–H and O–H groups in total. The molecule has 2 atom stereocenters. The van der Waals surface area contributed by atoms with Crippen molar-refractivity contribution in [3.63, 3.8) is 0 Å². The number of rotatable bonds is 4. The quantitative estimate of drug-likeness (QED) is 0.900. The number of nitrogen functional groups attached to an aromatic ring is 1. The first-order valence-corrected chi connectivity index (χ1v) is 7.24. The standard InChI is InChI=1S/C12H15ClFN5S/c1-5-4-8(20-9(5)13)7(3)16-12-18-10(6(2)14)17-11(15)19-12/h4,6-7H,1-3H3,(H3,15,16,17,18,19). The summed E-state index contributed by atoms with van der Waals surface area (Å²) in [6, 6.07) is 1.93. The minimum absolute atomic E-state index is 0.00501. The van der Waals surface area contributed by atoms with E-state index in [1.54, 1.807) is 0 Å². The molecule has 2 unspecified atom stereocenters. The van der Waals surface area contributed by atoms with Gasteiger partial charge in [0, 0.05) is 4.88 Å². The molecule has 2 rings (SSSR count). The Morgan fingerprint density at radius 2 is 2.05 bits per heavy atom. The van der Waals surface area contributed by atoms with Gasteiger partial charge in [0.25, 0.3) is 0 Å². The monoisotopic (exact) mass is 315 g/mol. The van der Waals surface area contributed by atoms with E-state index in [1.807, 2.05) is 19.9 Å². The lowest BCUT2D eigenvalue weighted by molar-refractivity contribution is 0.356. The van der Waals surface area contributed by atoms with Crippen molar-refractivity contribution in [3.05, 3.63) is 26.7 Å². The number of hydrogen-bond donors (Lipinski definition) is 2. The molecule has 2 aromatic heterocycles. The average Bonchev–Trinajstić information content (AvgIpc) is 2.69. The van der Waals surface area contributed by atoms with E-state index in [1.165, 1.54) is 18.3 Å². The van der Waals surface area contributed by atoms with Crippen molar-refractivity contribution in [3.8, 4) is 0 Å². The van der Waals surface area contributed by atoms with E-state index in [9.17, 15) is 4.39 Å². The number of nitrogens with zero attached hydrogens (tertiary/aromatic N) is 3. The predicted molar refractivity (Wildman–Crippen MR) is 79.9 cm³/mol. The third-order valence-electron chi connectivity index (χ3n) is 2.67. The molecule has 0 aliphatic carbocycles. The van der Waals surface area contributed by atoms with Gasteiger partial charge in [-0.3, -0.25) is 0 Å². The lowest BCUT2D eigenvalue weighted by Gasteiger charge is -2.13. The summed E-state index contributed by atoms with van der Waals surface area (Å²) in [7, 11) is 0. The SMILES string of the molecule is Cc1cc(C(C)Nc2nc(N)nc(C(C)F)n2)sc1Cl. The van der Waals surface area contributed by atoms with Crippen molar-refractivity contribution in [1.82, 2.24) is 15.0 Å². The highest BCUT2D eigenvalue weighted by atomic mass is 35.5. The van der Waals surface area contributed by atoms with E-state index < -0.39 is 6.17 Å². The zero-order valence-corrected chi connectivity index (χ0v) is 12.9. The van der Waals surface area contributed by atoms with Crippen LogP contribution in [0.2, 0.25) is 4.34 Å². The molecule has 2 heterocycles. The minimum atomic E-state index is -1.30. The van der Waals surface area contributed by atoms with Gasteiger partial charge in [0.1, 0.15) is 0 Å². The van der Waals surface area contributed by atoms with Gasteiger partial charge in [0.15, 0.2) is 12.0 Å². The molecule has 0 aliphatic rings. The zero-order valence-electron chi connectivity index (χ0n) is 11.3. The van der Waals surface area contributed by atoms with E-state index >= 15 is 0 Å². The van der Waals surface area contributed by atoms with E-state index in [2.05, 4.69) is 20.3 Å². The zero-order chi connectivity index (χ0) is 14.9. The van der Waals surface area contributed by atoms with Crippen LogP contribution in [0.4, 0.5) is 16.3 Å². The van der Waals surface area contributed by atoms with Gasteiger partial charge in [-0.1, -0.05) is 11.6 Å². The van der Waals surface area contributed by atoms with Crippen LogP contribution in [-0.4, -0.2) is 15.0 Å². The van der Waals surface area contributed by atoms with Crippen molar-refractivity contribution < 1.29 is 4.39 Å². The Labute approximate surface area is 125 Å². The fourth-order valence-electron chi connectivity index (χ4n) is 1.61. The molecule has 0 fully saturated rings. The molecule has 0 spiro atoms. The second-order valence-corrected chi connectivity index (χ2v) is 6.15. The number of halogens is 2. The Balaban J connectivity index is 2.21. The average molecular weight is 316 g/mol. The fraction of sp³-hybridized carbons (Fsp3) is 0.417. The number of hydrogen-bond acceptors (Lipinski definition) is 6. The summed E-state index contributed by atoms with van der Waals surface area (Å²) in [5, 5.41) is 3.08. The van der Waals surface area contributed by atoms with Gasteiger partial charge in [0.05, 0.1) is 10.4 Å². The number of anilines is 2. The van der Waals surface area contributed by atoms with E-state index in [0.717, 1.165) is 14.8 Å². The summed E-state index contributed by atoms with van der Waals surface area (Å²) in [6.07, 6.45) is -1.30. The summed E-state index contributed by atoms with van der Waals surface area (Å²) in [5.74, 6) is 0.272. The summed E-state index contributed by atoms with van der Waals surface area (Å²) in [4.78, 5) is 12.8. The number of nitrogens with one attached hydrogen (secondary N) is 1. The van der Waals surface area contributed by atoms with Gasteiger partial charge in [-0.25, -0.2) is 4.39 Å². The molecule has 0 saturated carbocycles. The molecule has 20 heavy (non-hydrogen) atoms. The van der Waals surface area contributed by atoms with Crippen LogP contribution in [0, 0.1) is 6.92 Å². The van der Waals surface area contributed by atoms with Crippen LogP contribution >= 0.6 is 22.9 Å². The first kappa shape index (κ1) is 14.9. The molecule has 0 bridgehead atoms. The highest BCUT2D eigenvalue weighted by Crippen LogP contribution is 2.32. The second-order valence-electron chi connectivity index (χ2n) is 4.46. The van der Waals surface area contributed by atoms with Crippen LogP contribution < -0.4 is 11.1 Å². The van der Waals surface area contributed by atoms with Gasteiger partial charge in [0.2, 0.25) is 11.9 Å². The van der Waals surface area contributed by atoms with Gasteiger partial charge in [-0.2, -0.15) is 15.0 Å². The molecule has 0 radical (unpaired) electrons. The number of alkyl halides is 1. The van der Waals surface area contributed by atoms with Crippen LogP contribution in [0.5, 0.6) is 0 Å². The second kappa shape index (κ2) is 5.88. The molecular formula is C12H15ClFN5S. The lowest BCUT2D eigenvalue weighted by Crippen LogP contribution is -2.12. The molecule has 8 heteroatoms. The van der Waals surface area contributed by atoms with Crippen LogP contribution in [-0.2, 0) is 0 Å². The molecule has 0 aliphatic heterocycles. The summed E-state index contributed by atoms with van der Waals surface area (Å²) < 4.78 is 14.0. The predicted octanol–water partition coefficient (Wildman–Crippen LogP) is 3.68. The normalized spacial score (nSPS) is 14.1. The molecule has 2 aromatic rings. The smallest absolute Gasteiger partial charge is 0.228 e. The molecule has 0 aromatic carbocycles. The highest BCUT2D eigenvalue weighted by molar-refractivity contribution is 7.16. The molecule has 0 amide bonds. The van der Waals surface area contributed by atoms with Gasteiger partial charge >= 0.3 is 0 Å². The molecule has 5 nitrogen and oxygen atoms in total. The van der Waals surface area contributed by atoms with Crippen molar-refractivity contribution in [2.24, 2.45) is 0 Å². The summed E-state index contributed by atoms with van der Waals surface area (Å²) in [6.45, 7) is 5.24. The van der Waals surface area contributed by atoms with Crippen LogP contribution in [0.3, 0.4) is 0 Å². The third kappa shape index (κ3) is 3.34. The van der Waals surface area contributed by atoms with Crippen molar-refractivity contribution in [2.45, 2.75) is 33.0 Å². The number of nitrogens with two attached hydrogens (primary N) is 1. The molecule has 108 valence electrons. The van der Waals surface area contributed by atoms with Crippen LogP contribution in [0.1, 0.15) is 42.3 Å². The van der Waals surface area contributed by atoms with Crippen molar-refractivity contribution >= 4 is 34.8 Å². The van der Waals surface area contributed by atoms with E-state index in [0.29, 0.717) is 0 Å².